The zero-order valence-electron chi connectivity index (χ0n) is 17.1. The minimum absolute atomic E-state index is 0.00963. The predicted octanol–water partition coefficient (Wildman–Crippen LogP) is 3.95. The molecule has 3 atom stereocenters. The van der Waals surface area contributed by atoms with Gasteiger partial charge in [0, 0.05) is 11.6 Å². The molecule has 1 amide bonds. The first-order chi connectivity index (χ1) is 15.8. The van der Waals surface area contributed by atoms with E-state index in [0.717, 1.165) is 31.4 Å². The van der Waals surface area contributed by atoms with Gasteiger partial charge in [0.25, 0.3) is 5.91 Å². The Morgan fingerprint density at radius 2 is 1.76 bits per heavy atom. The number of nitrogens with zero attached hydrogens (tertiary/aromatic N) is 5. The Morgan fingerprint density at radius 3 is 2.45 bits per heavy atom. The van der Waals surface area contributed by atoms with Gasteiger partial charge in [0.1, 0.15) is 5.82 Å². The van der Waals surface area contributed by atoms with E-state index in [1.54, 1.807) is 24.3 Å². The summed E-state index contributed by atoms with van der Waals surface area (Å²) in [5.74, 6) is -0.274. The third-order valence-electron chi connectivity index (χ3n) is 6.07. The molecular weight excluding hydrogens is 440 g/mol. The van der Waals surface area contributed by atoms with Crippen LogP contribution in [0.25, 0.3) is 11.4 Å². The van der Waals surface area contributed by atoms with Crippen molar-refractivity contribution in [2.75, 3.05) is 5.32 Å². The average molecular weight is 458 g/mol. The number of hydrogen-bond donors (Lipinski definition) is 1. The van der Waals surface area contributed by atoms with Crippen molar-refractivity contribution in [3.8, 4) is 11.4 Å². The quantitative estimate of drug-likeness (QED) is 0.596. The smallest absolute Gasteiger partial charge is 0.364 e. The van der Waals surface area contributed by atoms with E-state index in [1.807, 2.05) is 4.90 Å². The fourth-order valence-electron chi connectivity index (χ4n) is 4.65. The summed E-state index contributed by atoms with van der Waals surface area (Å²) in [6, 6.07) is 6.58. The van der Waals surface area contributed by atoms with Crippen molar-refractivity contribution < 1.29 is 22.4 Å². The lowest BCUT2D eigenvalue weighted by Gasteiger charge is -2.26. The number of anilines is 1. The summed E-state index contributed by atoms with van der Waals surface area (Å²) >= 11 is 0. The molecule has 0 saturated carbocycles. The molecule has 11 heteroatoms. The van der Waals surface area contributed by atoms with Gasteiger partial charge in [0.15, 0.2) is 17.3 Å². The first kappa shape index (κ1) is 21.2. The number of halogens is 4. The van der Waals surface area contributed by atoms with Crippen molar-refractivity contribution in [2.24, 2.45) is 0 Å². The summed E-state index contributed by atoms with van der Waals surface area (Å²) in [7, 11) is 0. The van der Waals surface area contributed by atoms with Crippen LogP contribution in [0.15, 0.2) is 49.1 Å². The number of nitrogens with one attached hydrogen (secondary N) is 1. The van der Waals surface area contributed by atoms with E-state index in [9.17, 15) is 22.4 Å². The number of rotatable bonds is 4. The summed E-state index contributed by atoms with van der Waals surface area (Å²) in [5.41, 5.74) is -0.139. The van der Waals surface area contributed by atoms with Gasteiger partial charge in [-0.25, -0.2) is 24.3 Å². The highest BCUT2D eigenvalue weighted by molar-refractivity contribution is 6.00. The topological polar surface area (TPSA) is 83.9 Å². The zero-order chi connectivity index (χ0) is 23.2. The highest BCUT2D eigenvalue weighted by Gasteiger charge is 2.49. The minimum atomic E-state index is -4.55. The monoisotopic (exact) mass is 458 g/mol. The van der Waals surface area contributed by atoms with Crippen LogP contribution in [0, 0.1) is 5.82 Å². The van der Waals surface area contributed by atoms with E-state index in [-0.39, 0.29) is 35.7 Å². The van der Waals surface area contributed by atoms with Crippen molar-refractivity contribution in [3.05, 3.63) is 66.1 Å². The molecule has 4 heterocycles. The molecule has 3 aromatic rings. The van der Waals surface area contributed by atoms with Crippen molar-refractivity contribution in [1.29, 1.82) is 0 Å². The van der Waals surface area contributed by atoms with E-state index < -0.39 is 17.7 Å². The molecule has 0 aliphatic carbocycles. The van der Waals surface area contributed by atoms with Gasteiger partial charge in [-0.1, -0.05) is 18.2 Å². The van der Waals surface area contributed by atoms with Gasteiger partial charge in [-0.2, -0.15) is 13.2 Å². The van der Waals surface area contributed by atoms with Crippen LogP contribution in [0.3, 0.4) is 0 Å². The van der Waals surface area contributed by atoms with E-state index in [1.165, 1.54) is 0 Å². The molecule has 170 valence electrons. The molecule has 2 aliphatic rings. The molecule has 7 nitrogen and oxygen atoms in total. The van der Waals surface area contributed by atoms with Crippen LogP contribution in [-0.2, 0) is 6.18 Å². The summed E-state index contributed by atoms with van der Waals surface area (Å²) in [4.78, 5) is 30.6. The fourth-order valence-corrected chi connectivity index (χ4v) is 4.65. The second-order valence-corrected chi connectivity index (χ2v) is 8.05. The summed E-state index contributed by atoms with van der Waals surface area (Å²) < 4.78 is 51.4. The lowest BCUT2D eigenvalue weighted by molar-refractivity contribution is -0.141. The molecule has 1 aromatic carbocycles. The van der Waals surface area contributed by atoms with Crippen molar-refractivity contribution >= 4 is 11.7 Å². The zero-order valence-corrected chi connectivity index (χ0v) is 17.1. The average Bonchev–Trinajstić information content (AvgIpc) is 3.37. The van der Waals surface area contributed by atoms with Crippen molar-refractivity contribution in [3.63, 3.8) is 0 Å². The van der Waals surface area contributed by atoms with Crippen LogP contribution in [-0.4, -0.2) is 48.9 Å². The molecule has 2 aromatic heterocycles. The van der Waals surface area contributed by atoms with E-state index in [0.29, 0.717) is 23.7 Å². The number of fused-ring (bicyclic) bond motifs is 2. The van der Waals surface area contributed by atoms with Gasteiger partial charge in [-0.15, -0.1) is 0 Å². The Bertz CT molecular complexity index is 1170. The summed E-state index contributed by atoms with van der Waals surface area (Å²) in [6.45, 7) is 0. The van der Waals surface area contributed by atoms with Gasteiger partial charge in [-0.3, -0.25) is 4.79 Å². The molecule has 0 spiro atoms. The molecular formula is C22H18F4N6O. The third-order valence-corrected chi connectivity index (χ3v) is 6.07. The number of hydrogen-bond acceptors (Lipinski definition) is 6. The van der Waals surface area contributed by atoms with Crippen LogP contribution in [0.5, 0.6) is 0 Å². The van der Waals surface area contributed by atoms with Gasteiger partial charge in [0.05, 0.1) is 42.4 Å². The number of benzene rings is 1. The summed E-state index contributed by atoms with van der Waals surface area (Å²) in [6.07, 6.45) is 1.54. The maximum absolute atomic E-state index is 13.5. The van der Waals surface area contributed by atoms with Crippen LogP contribution in [0.4, 0.5) is 23.4 Å². The minimum Gasteiger partial charge on any atom is -0.364 e. The van der Waals surface area contributed by atoms with Gasteiger partial charge in [0.2, 0.25) is 0 Å². The molecule has 2 bridgehead atoms. The van der Waals surface area contributed by atoms with Gasteiger partial charge >= 0.3 is 6.18 Å². The number of aromatic nitrogens is 4. The molecule has 33 heavy (non-hydrogen) atoms. The lowest BCUT2D eigenvalue weighted by Crippen LogP contribution is -2.40. The molecule has 0 unspecified atom stereocenters. The number of alkyl halides is 3. The molecule has 2 saturated heterocycles. The Hall–Kier alpha value is -3.63. The van der Waals surface area contributed by atoms with Crippen LogP contribution in [0.1, 0.15) is 35.3 Å². The van der Waals surface area contributed by atoms with Crippen molar-refractivity contribution in [1.82, 2.24) is 24.8 Å². The van der Waals surface area contributed by atoms with E-state index in [4.69, 9.17) is 0 Å². The number of amides is 1. The second-order valence-electron chi connectivity index (χ2n) is 8.05. The van der Waals surface area contributed by atoms with Gasteiger partial charge in [-0.05, 0) is 25.3 Å². The maximum atomic E-state index is 13.5. The largest absolute Gasteiger partial charge is 0.434 e. The maximum Gasteiger partial charge on any atom is 0.434 e. The number of carbonyl (C=O) groups excluding carboxylic acids is 1. The van der Waals surface area contributed by atoms with E-state index >= 15 is 0 Å². The summed E-state index contributed by atoms with van der Waals surface area (Å²) in [5, 5.41) is 3.14. The highest BCUT2D eigenvalue weighted by atomic mass is 19.4. The predicted molar refractivity (Wildman–Crippen MR) is 109 cm³/mol. The second kappa shape index (κ2) is 8.05. The third kappa shape index (κ3) is 3.98. The Labute approximate surface area is 185 Å². The fraction of sp³-hybridized carbons (Fsp3) is 0.318. The van der Waals surface area contributed by atoms with Crippen molar-refractivity contribution in [2.45, 2.75) is 43.6 Å². The molecule has 5 rings (SSSR count). The van der Waals surface area contributed by atoms with E-state index in [2.05, 4.69) is 25.3 Å². The lowest BCUT2D eigenvalue weighted by atomic mass is 9.95. The van der Waals surface area contributed by atoms with Crippen LogP contribution < -0.4 is 5.32 Å². The normalized spacial score (nSPS) is 21.9. The molecule has 2 fully saturated rings. The standard InChI is InChI=1S/C22H18F4N6O/c23-12-8-29-20(30-9-12)14-3-1-2-4-15(14)21(33)32-13-5-6-17(32)16(7-13)31-19-11-27-18(10-28-19)22(24,25)26/h1-4,8-11,13,16-17H,5-7H2,(H,28,31)/t13-,16-,17+/m1/s1. The first-order valence-corrected chi connectivity index (χ1v) is 10.4. The SMILES string of the molecule is O=C(c1ccccc1-c1ncc(F)cn1)N1[C@@H]2CC[C@H]1[C@H](Nc1cnc(C(F)(F)F)cn1)C2. The highest BCUT2D eigenvalue weighted by Crippen LogP contribution is 2.40. The molecule has 1 N–H and O–H groups in total. The molecule has 2 aliphatic heterocycles. The Kier molecular flexibility index (Phi) is 5.18. The number of carbonyl (C=O) groups is 1. The Balaban J connectivity index is 1.36. The molecule has 0 radical (unpaired) electrons. The Morgan fingerprint density at radius 1 is 1.00 bits per heavy atom. The van der Waals surface area contributed by atoms with Gasteiger partial charge < -0.3 is 10.2 Å². The first-order valence-electron chi connectivity index (χ1n) is 10.4. The van der Waals surface area contributed by atoms with Crippen LogP contribution in [0.2, 0.25) is 0 Å². The van der Waals surface area contributed by atoms with Crippen LogP contribution >= 0.6 is 0 Å².